The molecule has 8 heteroatoms. The summed E-state index contributed by atoms with van der Waals surface area (Å²) < 4.78 is 11.7. The van der Waals surface area contributed by atoms with Crippen molar-refractivity contribution in [1.29, 1.82) is 0 Å². The summed E-state index contributed by atoms with van der Waals surface area (Å²) >= 11 is 0. The van der Waals surface area contributed by atoms with Crippen LogP contribution in [0.4, 0.5) is 4.79 Å². The second kappa shape index (κ2) is 19.9. The minimum absolute atomic E-state index is 0.00122. The largest absolute Gasteiger partial charge is 0.480 e. The number of carboxylic acids is 1. The number of esters is 1. The molecule has 9 rings (SSSR count). The number of aliphatic carboxylic acids is 1. The van der Waals surface area contributed by atoms with Gasteiger partial charge in [-0.2, -0.15) is 0 Å². The maximum absolute atomic E-state index is 15.4. The first-order chi connectivity index (χ1) is 33.9. The molecule has 0 heterocycles. The van der Waals surface area contributed by atoms with Crippen molar-refractivity contribution in [2.24, 2.45) is 103 Å². The molecule has 0 radical (unpaired) electrons. The second-order valence-corrected chi connectivity index (χ2v) is 29.4. The molecule has 9 aliphatic carbocycles. The summed E-state index contributed by atoms with van der Waals surface area (Å²) in [4.78, 5) is 39.1. The highest BCUT2D eigenvalue weighted by molar-refractivity contribution is 5.80. The Balaban J connectivity index is 0.864. The SMILES string of the molecule is C=C(C)[C@@H]1CC[C@]2(C(=O)O[C@H]3CC[C@@]4(C)C(=CC[C@H]5[C@@H]6CC[C@H]([C@H](C)CCCC(C)C)[C@@]6(C)CC[C@@H]54)C3)CC[C@]3(C)[C@H](CC[C@@H]4[C@@]5(C)CCC(NCCCC(NC(=O)OC)C(=O)O)C(C)(C)C5CC[C@]43C)C12. The van der Waals surface area contributed by atoms with Gasteiger partial charge in [0.2, 0.25) is 0 Å². The van der Waals surface area contributed by atoms with Gasteiger partial charge in [0.25, 0.3) is 0 Å². The van der Waals surface area contributed by atoms with Crippen molar-refractivity contribution in [3.63, 3.8) is 0 Å². The Kier molecular flexibility index (Phi) is 15.0. The van der Waals surface area contributed by atoms with Crippen LogP contribution in [0.5, 0.6) is 0 Å². The van der Waals surface area contributed by atoms with E-state index in [4.69, 9.17) is 4.74 Å². The first kappa shape index (κ1) is 54.4. The van der Waals surface area contributed by atoms with Gasteiger partial charge in [-0.05, 0) is 233 Å². The predicted octanol–water partition coefficient (Wildman–Crippen LogP) is 15.1. The molecule has 0 aromatic carbocycles. The number of nitrogens with one attached hydrogen (secondary N) is 2. The van der Waals surface area contributed by atoms with Crippen LogP contribution in [0.15, 0.2) is 23.8 Å². The summed E-state index contributed by atoms with van der Waals surface area (Å²) in [6.45, 7) is 33.4. The molecule has 72 heavy (non-hydrogen) atoms. The third-order valence-corrected chi connectivity index (χ3v) is 25.9. The Morgan fingerprint density at radius 1 is 0.750 bits per heavy atom. The number of allylic oxidation sites excluding steroid dienone is 2. The zero-order chi connectivity index (χ0) is 52.0. The molecule has 8 saturated carbocycles. The average molecular weight is 998 g/mol. The monoisotopic (exact) mass is 997 g/mol. The van der Waals surface area contributed by atoms with E-state index in [1.807, 2.05) is 0 Å². The molecular formula is C64H104N2O6. The second-order valence-electron chi connectivity index (χ2n) is 29.4. The lowest BCUT2D eigenvalue weighted by molar-refractivity contribution is -0.242. The van der Waals surface area contributed by atoms with E-state index in [9.17, 15) is 14.7 Å². The maximum Gasteiger partial charge on any atom is 0.407 e. The van der Waals surface area contributed by atoms with E-state index in [0.717, 1.165) is 87.0 Å². The number of carboxylic acid groups (broad SMARTS) is 1. The Morgan fingerprint density at radius 2 is 1.49 bits per heavy atom. The number of rotatable bonds is 15. The third-order valence-electron chi connectivity index (χ3n) is 25.9. The molecule has 406 valence electrons. The quantitative estimate of drug-likeness (QED) is 0.0851. The summed E-state index contributed by atoms with van der Waals surface area (Å²) in [5.74, 6) is 6.48. The number of alkyl carbamates (subject to hydrolysis) is 1. The van der Waals surface area contributed by atoms with Crippen molar-refractivity contribution in [2.75, 3.05) is 13.7 Å². The normalized spacial score (nSPS) is 45.6. The third kappa shape index (κ3) is 8.72. The lowest BCUT2D eigenvalue weighted by Crippen LogP contribution is -2.68. The lowest BCUT2D eigenvalue weighted by Gasteiger charge is -2.73. The van der Waals surface area contributed by atoms with Gasteiger partial charge >= 0.3 is 18.0 Å². The molecule has 0 saturated heterocycles. The Hall–Kier alpha value is -2.35. The fourth-order valence-corrected chi connectivity index (χ4v) is 21.9. The van der Waals surface area contributed by atoms with E-state index < -0.39 is 23.5 Å². The maximum atomic E-state index is 15.4. The van der Waals surface area contributed by atoms with Crippen LogP contribution in [0.25, 0.3) is 0 Å². The number of carbonyl (C=O) groups is 3. The van der Waals surface area contributed by atoms with Crippen LogP contribution >= 0.6 is 0 Å². The van der Waals surface area contributed by atoms with Crippen molar-refractivity contribution >= 4 is 18.0 Å². The zero-order valence-corrected chi connectivity index (χ0v) is 47.8. The van der Waals surface area contributed by atoms with Crippen molar-refractivity contribution in [3.05, 3.63) is 23.8 Å². The van der Waals surface area contributed by atoms with Gasteiger partial charge < -0.3 is 25.2 Å². The number of carbonyl (C=O) groups excluding carboxylic acids is 2. The van der Waals surface area contributed by atoms with Crippen LogP contribution in [0.2, 0.25) is 0 Å². The molecule has 0 aromatic rings. The molecule has 9 aliphatic rings. The number of amides is 1. The molecule has 4 unspecified atom stereocenters. The van der Waals surface area contributed by atoms with E-state index in [1.54, 1.807) is 5.57 Å². The predicted molar refractivity (Wildman–Crippen MR) is 290 cm³/mol. The van der Waals surface area contributed by atoms with Gasteiger partial charge in [0.15, 0.2) is 0 Å². The molecule has 3 N–H and O–H groups in total. The van der Waals surface area contributed by atoms with Crippen LogP contribution in [0.3, 0.4) is 0 Å². The highest BCUT2D eigenvalue weighted by Crippen LogP contribution is 2.78. The summed E-state index contributed by atoms with van der Waals surface area (Å²) in [5.41, 5.74) is 3.89. The van der Waals surface area contributed by atoms with E-state index in [-0.39, 0.29) is 39.1 Å². The molecule has 0 aliphatic heterocycles. The van der Waals surface area contributed by atoms with Gasteiger partial charge in [0.05, 0.1) is 12.5 Å². The smallest absolute Gasteiger partial charge is 0.407 e. The number of hydrogen-bond acceptors (Lipinski definition) is 6. The first-order valence-corrected chi connectivity index (χ1v) is 30.3. The molecule has 1 amide bonds. The molecule has 8 nitrogen and oxygen atoms in total. The minimum atomic E-state index is -1.03. The number of fused-ring (bicyclic) bond motifs is 12. The highest BCUT2D eigenvalue weighted by Gasteiger charge is 2.72. The summed E-state index contributed by atoms with van der Waals surface area (Å²) in [5, 5.41) is 16.1. The van der Waals surface area contributed by atoms with Crippen molar-refractivity contribution in [2.45, 2.75) is 242 Å². The Labute approximate surface area is 438 Å². The Bertz CT molecular complexity index is 2080. The van der Waals surface area contributed by atoms with Gasteiger partial charge in [-0.1, -0.05) is 112 Å². The Morgan fingerprint density at radius 3 is 2.19 bits per heavy atom. The van der Waals surface area contributed by atoms with Crippen LogP contribution in [-0.2, 0) is 19.1 Å². The molecule has 0 spiro atoms. The van der Waals surface area contributed by atoms with Gasteiger partial charge in [0, 0.05) is 12.5 Å². The van der Waals surface area contributed by atoms with Crippen molar-refractivity contribution < 1.29 is 29.0 Å². The van der Waals surface area contributed by atoms with Gasteiger partial charge in [-0.3, -0.25) is 4.79 Å². The topological polar surface area (TPSA) is 114 Å². The van der Waals surface area contributed by atoms with E-state index in [0.29, 0.717) is 53.9 Å². The highest BCUT2D eigenvalue weighted by atomic mass is 16.5. The minimum Gasteiger partial charge on any atom is -0.480 e. The van der Waals surface area contributed by atoms with Crippen molar-refractivity contribution in [3.8, 4) is 0 Å². The van der Waals surface area contributed by atoms with Crippen LogP contribution in [0, 0.1) is 103 Å². The first-order valence-electron chi connectivity index (χ1n) is 30.3. The van der Waals surface area contributed by atoms with E-state index in [1.165, 1.54) is 103 Å². The number of methoxy groups -OCH3 is 1. The molecule has 0 bridgehead atoms. The fourth-order valence-electron chi connectivity index (χ4n) is 21.9. The number of hydrogen-bond donors (Lipinski definition) is 3. The summed E-state index contributed by atoms with van der Waals surface area (Å²) in [6, 6.07) is -0.603. The van der Waals surface area contributed by atoms with Gasteiger partial charge in [-0.15, -0.1) is 0 Å². The molecule has 0 aromatic heterocycles. The molecular weight excluding hydrogens is 893 g/mol. The van der Waals surface area contributed by atoms with Gasteiger partial charge in [0.1, 0.15) is 12.1 Å². The standard InChI is InChI=1S/C64H104N2O6/c1-39(2)16-14-17-41(5)46-21-22-47-45-20-19-42-38-43(25-30-59(42,8)48(45)27-31-60(46,47)9)72-56(69)64-34-26-44(40(3)4)54(64)49-23-24-52-61(10)32-29-53(65-37-15-18-50(55(67)68)66-57(70)71-13)58(6,7)51(61)28-33-63(52,12)62(49,11)35-36-64/h19,39,41,43-54,65H,3,14-18,20-38H2,1-2,4-13H3,(H,66,70)(H,67,68)/t41-,43+,44+,45+,46-,47+,48+,49-,50?,51?,52-,53?,54?,59+,60-,61+,62-,63-,64+/m1/s1. The van der Waals surface area contributed by atoms with E-state index in [2.05, 4.69) is 104 Å². The molecule has 19 atom stereocenters. The molecule has 8 fully saturated rings. The van der Waals surface area contributed by atoms with Crippen molar-refractivity contribution in [1.82, 2.24) is 10.6 Å². The fraction of sp³-hybridized carbons (Fsp3) is 0.891. The summed E-state index contributed by atoms with van der Waals surface area (Å²) in [6.07, 6.45) is 28.5. The summed E-state index contributed by atoms with van der Waals surface area (Å²) in [7, 11) is 1.26. The van der Waals surface area contributed by atoms with Crippen LogP contribution in [0.1, 0.15) is 224 Å². The number of ether oxygens (including phenoxy) is 2. The average Bonchev–Trinajstić information content (AvgIpc) is 3.90. The zero-order valence-electron chi connectivity index (χ0n) is 47.8. The van der Waals surface area contributed by atoms with Gasteiger partial charge in [-0.25, -0.2) is 9.59 Å². The van der Waals surface area contributed by atoms with E-state index >= 15 is 4.79 Å². The van der Waals surface area contributed by atoms with Crippen LogP contribution in [-0.4, -0.2) is 55.0 Å². The van der Waals surface area contributed by atoms with Crippen LogP contribution < -0.4 is 10.6 Å². The lowest BCUT2D eigenvalue weighted by atomic mass is 9.32.